The first-order valence-corrected chi connectivity index (χ1v) is 10.6. The molecule has 5 nitrogen and oxygen atoms in total. The van der Waals surface area contributed by atoms with Gasteiger partial charge in [0, 0.05) is 28.6 Å². The van der Waals surface area contributed by atoms with Gasteiger partial charge in [-0.05, 0) is 48.7 Å². The molecule has 1 aliphatic rings. The van der Waals surface area contributed by atoms with Gasteiger partial charge in [0.25, 0.3) is 5.69 Å². The van der Waals surface area contributed by atoms with Crippen molar-refractivity contribution in [2.24, 2.45) is 4.99 Å². The summed E-state index contributed by atoms with van der Waals surface area (Å²) in [6.07, 6.45) is 4.57. The average Bonchev–Trinajstić information content (AvgIpc) is 3.33. The third-order valence-corrected chi connectivity index (χ3v) is 6.31. The molecule has 28 heavy (non-hydrogen) atoms. The molecule has 8 heteroatoms. The van der Waals surface area contributed by atoms with E-state index in [-0.39, 0.29) is 10.6 Å². The van der Waals surface area contributed by atoms with E-state index in [2.05, 4.69) is 9.95 Å². The molecule has 2 aromatic carbocycles. The Balaban J connectivity index is 1.84. The molecule has 3 aromatic rings. The molecule has 0 unspecified atom stereocenters. The number of rotatable bonds is 4. The van der Waals surface area contributed by atoms with E-state index in [1.807, 2.05) is 6.07 Å². The Morgan fingerprint density at radius 1 is 1.11 bits per heavy atom. The quantitative estimate of drug-likeness (QED) is 0.336. The van der Waals surface area contributed by atoms with E-state index < -0.39 is 0 Å². The van der Waals surface area contributed by atoms with E-state index in [1.165, 1.54) is 12.8 Å². The maximum Gasteiger partial charge on any atom is 0.269 e. The molecule has 0 N–H and O–H groups in total. The number of halogens is 2. The third-order valence-electron chi connectivity index (χ3n) is 4.93. The zero-order chi connectivity index (χ0) is 19.7. The predicted octanol–water partition coefficient (Wildman–Crippen LogP) is 6.78. The van der Waals surface area contributed by atoms with Gasteiger partial charge in [0.05, 0.1) is 21.3 Å². The van der Waals surface area contributed by atoms with Crippen molar-refractivity contribution in [3.8, 4) is 11.3 Å². The lowest BCUT2D eigenvalue weighted by atomic mass is 10.1. The standard InChI is InChI=1S/C20H17Cl2N3O2S/c21-14-7-10-18(17(22)11-14)23-20-24(15-3-1-2-4-15)19(12-28-20)13-5-8-16(9-6-13)25(26)27/h5-12,15H,1-4H2. The Hall–Kier alpha value is -2.15. The molecule has 1 saturated carbocycles. The molecule has 4 rings (SSSR count). The molecule has 0 saturated heterocycles. The Morgan fingerprint density at radius 3 is 2.46 bits per heavy atom. The first-order chi connectivity index (χ1) is 13.5. The van der Waals surface area contributed by atoms with E-state index in [0.29, 0.717) is 21.8 Å². The largest absolute Gasteiger partial charge is 0.313 e. The van der Waals surface area contributed by atoms with Crippen molar-refractivity contribution >= 4 is 45.9 Å². The minimum Gasteiger partial charge on any atom is -0.313 e. The summed E-state index contributed by atoms with van der Waals surface area (Å²) >= 11 is 13.9. The number of nitrogens with zero attached hydrogens (tertiary/aromatic N) is 3. The Bertz CT molecular complexity index is 1080. The van der Waals surface area contributed by atoms with E-state index in [9.17, 15) is 10.1 Å². The second-order valence-corrected chi connectivity index (χ2v) is 8.40. The highest BCUT2D eigenvalue weighted by molar-refractivity contribution is 7.07. The highest BCUT2D eigenvalue weighted by Gasteiger charge is 2.22. The van der Waals surface area contributed by atoms with Crippen LogP contribution in [0.25, 0.3) is 11.3 Å². The van der Waals surface area contributed by atoms with Crippen LogP contribution in [0.1, 0.15) is 31.7 Å². The molecule has 1 aliphatic carbocycles. The van der Waals surface area contributed by atoms with Crippen LogP contribution in [0.15, 0.2) is 52.8 Å². The molecule has 0 spiro atoms. The minimum absolute atomic E-state index is 0.0873. The fourth-order valence-electron chi connectivity index (χ4n) is 3.56. The molecular weight excluding hydrogens is 417 g/mol. The van der Waals surface area contributed by atoms with Crippen molar-refractivity contribution in [2.75, 3.05) is 0 Å². The van der Waals surface area contributed by atoms with Gasteiger partial charge in [-0.1, -0.05) is 36.0 Å². The normalized spacial score (nSPS) is 15.3. The molecule has 0 bridgehead atoms. The van der Waals surface area contributed by atoms with Crippen molar-refractivity contribution in [2.45, 2.75) is 31.7 Å². The zero-order valence-electron chi connectivity index (χ0n) is 14.8. The lowest BCUT2D eigenvalue weighted by molar-refractivity contribution is -0.384. The van der Waals surface area contributed by atoms with Crippen LogP contribution < -0.4 is 4.80 Å². The molecule has 1 aromatic heterocycles. The third kappa shape index (κ3) is 3.85. The number of benzene rings is 2. The lowest BCUT2D eigenvalue weighted by Gasteiger charge is -2.16. The van der Waals surface area contributed by atoms with Gasteiger partial charge in [-0.25, -0.2) is 4.99 Å². The van der Waals surface area contributed by atoms with Gasteiger partial charge in [0.15, 0.2) is 4.80 Å². The number of thiazole rings is 1. The number of nitro benzene ring substituents is 1. The summed E-state index contributed by atoms with van der Waals surface area (Å²) in [4.78, 5) is 16.2. The average molecular weight is 434 g/mol. The summed E-state index contributed by atoms with van der Waals surface area (Å²) in [6.45, 7) is 0. The molecule has 0 radical (unpaired) electrons. The number of aromatic nitrogens is 1. The van der Waals surface area contributed by atoms with Gasteiger partial charge in [-0.2, -0.15) is 0 Å². The van der Waals surface area contributed by atoms with Gasteiger partial charge in [0.1, 0.15) is 0 Å². The van der Waals surface area contributed by atoms with Crippen LogP contribution >= 0.6 is 34.5 Å². The fraction of sp³-hybridized carbons (Fsp3) is 0.250. The second-order valence-electron chi connectivity index (χ2n) is 6.72. The molecule has 1 fully saturated rings. The van der Waals surface area contributed by atoms with Gasteiger partial charge in [-0.15, -0.1) is 11.3 Å². The van der Waals surface area contributed by atoms with Crippen LogP contribution in [0, 0.1) is 10.1 Å². The van der Waals surface area contributed by atoms with E-state index in [4.69, 9.17) is 28.2 Å². The van der Waals surface area contributed by atoms with Gasteiger partial charge >= 0.3 is 0 Å². The van der Waals surface area contributed by atoms with Crippen molar-refractivity contribution in [3.05, 3.63) is 72.8 Å². The summed E-state index contributed by atoms with van der Waals surface area (Å²) in [6, 6.07) is 12.3. The van der Waals surface area contributed by atoms with Crippen LogP contribution in [-0.4, -0.2) is 9.49 Å². The van der Waals surface area contributed by atoms with Crippen LogP contribution in [-0.2, 0) is 0 Å². The van der Waals surface area contributed by atoms with E-state index in [0.717, 1.165) is 28.9 Å². The van der Waals surface area contributed by atoms with Crippen LogP contribution in [0.5, 0.6) is 0 Å². The molecular formula is C20H17Cl2N3O2S. The smallest absolute Gasteiger partial charge is 0.269 e. The van der Waals surface area contributed by atoms with Crippen molar-refractivity contribution in [1.29, 1.82) is 0 Å². The summed E-state index contributed by atoms with van der Waals surface area (Å²) in [7, 11) is 0. The van der Waals surface area contributed by atoms with Crippen LogP contribution in [0.3, 0.4) is 0 Å². The molecule has 1 heterocycles. The Morgan fingerprint density at radius 2 is 1.82 bits per heavy atom. The highest BCUT2D eigenvalue weighted by Crippen LogP contribution is 2.34. The SMILES string of the molecule is O=[N+]([O-])c1ccc(-c2csc(=Nc3ccc(Cl)cc3Cl)n2C2CCCC2)cc1. The fourth-order valence-corrected chi connectivity index (χ4v) is 4.99. The van der Waals surface area contributed by atoms with E-state index in [1.54, 1.807) is 47.7 Å². The summed E-state index contributed by atoms with van der Waals surface area (Å²) < 4.78 is 2.25. The molecule has 144 valence electrons. The zero-order valence-corrected chi connectivity index (χ0v) is 17.2. The summed E-state index contributed by atoms with van der Waals surface area (Å²) in [5.74, 6) is 0. The van der Waals surface area contributed by atoms with Crippen LogP contribution in [0.4, 0.5) is 11.4 Å². The maximum absolute atomic E-state index is 11.0. The second kappa shape index (κ2) is 8.07. The minimum atomic E-state index is -0.383. The van der Waals surface area contributed by atoms with Gasteiger partial charge in [0.2, 0.25) is 0 Å². The topological polar surface area (TPSA) is 60.4 Å². The van der Waals surface area contributed by atoms with Gasteiger partial charge < -0.3 is 4.57 Å². The number of non-ortho nitro benzene ring substituents is 1. The summed E-state index contributed by atoms with van der Waals surface area (Å²) in [5, 5.41) is 14.1. The first kappa shape index (κ1) is 19.2. The Labute approximate surface area is 176 Å². The number of nitro groups is 1. The molecule has 0 amide bonds. The van der Waals surface area contributed by atoms with Gasteiger partial charge in [-0.3, -0.25) is 10.1 Å². The van der Waals surface area contributed by atoms with Crippen LogP contribution in [0.2, 0.25) is 10.0 Å². The number of hydrogen-bond acceptors (Lipinski definition) is 4. The maximum atomic E-state index is 11.0. The number of hydrogen-bond donors (Lipinski definition) is 0. The molecule has 0 aliphatic heterocycles. The van der Waals surface area contributed by atoms with Crippen molar-refractivity contribution in [1.82, 2.24) is 4.57 Å². The first-order valence-electron chi connectivity index (χ1n) is 8.97. The highest BCUT2D eigenvalue weighted by atomic mass is 35.5. The Kier molecular flexibility index (Phi) is 5.53. The monoisotopic (exact) mass is 433 g/mol. The van der Waals surface area contributed by atoms with E-state index >= 15 is 0 Å². The predicted molar refractivity (Wildman–Crippen MR) is 114 cm³/mol. The molecule has 0 atom stereocenters. The van der Waals surface area contributed by atoms with Crippen molar-refractivity contribution < 1.29 is 4.92 Å². The summed E-state index contributed by atoms with van der Waals surface area (Å²) in [5.41, 5.74) is 2.73. The lowest BCUT2D eigenvalue weighted by Crippen LogP contribution is -2.19. The van der Waals surface area contributed by atoms with Crippen molar-refractivity contribution in [3.63, 3.8) is 0 Å².